The standard InChI is InChI=1S/C17H13ClN4S2/c1-22-8-7-20-17(22)24-15-3-2-11(10-13(15)18)21-14-4-6-19-16-12(14)5-9-23-16/h2-10H,1H3,(H,19,21). The monoisotopic (exact) mass is 372 g/mol. The van der Waals surface area contributed by atoms with Gasteiger partial charge in [0.05, 0.1) is 10.7 Å². The summed E-state index contributed by atoms with van der Waals surface area (Å²) in [7, 11) is 1.97. The number of aryl methyl sites for hydroxylation is 1. The topological polar surface area (TPSA) is 42.7 Å². The number of hydrogen-bond donors (Lipinski definition) is 1. The number of thiophene rings is 1. The Bertz CT molecular complexity index is 1010. The summed E-state index contributed by atoms with van der Waals surface area (Å²) < 4.78 is 1.97. The quantitative estimate of drug-likeness (QED) is 0.508. The fourth-order valence-electron chi connectivity index (χ4n) is 2.35. The summed E-state index contributed by atoms with van der Waals surface area (Å²) in [6.45, 7) is 0. The van der Waals surface area contributed by atoms with Gasteiger partial charge in [0.1, 0.15) is 4.83 Å². The first-order valence-electron chi connectivity index (χ1n) is 7.25. The number of benzene rings is 1. The van der Waals surface area contributed by atoms with Gasteiger partial charge in [0.15, 0.2) is 5.16 Å². The van der Waals surface area contributed by atoms with Crippen LogP contribution in [0.5, 0.6) is 0 Å². The smallest absolute Gasteiger partial charge is 0.172 e. The highest BCUT2D eigenvalue weighted by atomic mass is 35.5. The lowest BCUT2D eigenvalue weighted by molar-refractivity contribution is 0.790. The number of nitrogens with one attached hydrogen (secondary N) is 1. The number of halogens is 1. The van der Waals surface area contributed by atoms with Crippen LogP contribution in [0, 0.1) is 0 Å². The number of fused-ring (bicyclic) bond motifs is 1. The van der Waals surface area contributed by atoms with Crippen LogP contribution >= 0.6 is 34.7 Å². The van der Waals surface area contributed by atoms with E-state index in [-0.39, 0.29) is 0 Å². The average Bonchev–Trinajstić information content (AvgIpc) is 3.20. The summed E-state index contributed by atoms with van der Waals surface area (Å²) in [5.41, 5.74) is 1.98. The van der Waals surface area contributed by atoms with Crippen molar-refractivity contribution in [3.8, 4) is 0 Å². The van der Waals surface area contributed by atoms with Crippen LogP contribution in [0.15, 0.2) is 64.4 Å². The number of rotatable bonds is 4. The molecular formula is C17H13ClN4S2. The molecule has 0 saturated heterocycles. The molecule has 7 heteroatoms. The molecule has 3 heterocycles. The zero-order valence-electron chi connectivity index (χ0n) is 12.7. The van der Waals surface area contributed by atoms with Gasteiger partial charge in [0.2, 0.25) is 0 Å². The van der Waals surface area contributed by atoms with Gasteiger partial charge in [0.25, 0.3) is 0 Å². The number of nitrogens with zero attached hydrogens (tertiary/aromatic N) is 3. The molecule has 0 amide bonds. The van der Waals surface area contributed by atoms with Crippen LogP contribution in [0.25, 0.3) is 10.2 Å². The molecule has 0 spiro atoms. The Morgan fingerprint density at radius 1 is 1.17 bits per heavy atom. The SMILES string of the molecule is Cn1ccnc1Sc1ccc(Nc2ccnc3sccc23)cc1Cl. The molecule has 4 aromatic rings. The Balaban J connectivity index is 1.60. The predicted molar refractivity (Wildman–Crippen MR) is 102 cm³/mol. The molecule has 0 unspecified atom stereocenters. The van der Waals surface area contributed by atoms with Crippen molar-refractivity contribution in [3.63, 3.8) is 0 Å². The molecule has 0 aliphatic heterocycles. The molecule has 0 radical (unpaired) electrons. The molecule has 1 aromatic carbocycles. The molecule has 0 aliphatic rings. The van der Waals surface area contributed by atoms with Gasteiger partial charge < -0.3 is 9.88 Å². The molecule has 4 rings (SSSR count). The second-order valence-electron chi connectivity index (χ2n) is 5.19. The molecule has 0 saturated carbocycles. The lowest BCUT2D eigenvalue weighted by atomic mass is 10.2. The minimum atomic E-state index is 0.698. The lowest BCUT2D eigenvalue weighted by Crippen LogP contribution is -1.92. The number of imidazole rings is 1. The van der Waals surface area contributed by atoms with Crippen molar-refractivity contribution in [3.05, 3.63) is 59.3 Å². The van der Waals surface area contributed by atoms with E-state index in [9.17, 15) is 0 Å². The van der Waals surface area contributed by atoms with Crippen LogP contribution in [0.3, 0.4) is 0 Å². The number of anilines is 2. The van der Waals surface area contributed by atoms with E-state index in [1.165, 1.54) is 0 Å². The predicted octanol–water partition coefficient (Wildman–Crippen LogP) is 5.58. The molecule has 1 N–H and O–H groups in total. The van der Waals surface area contributed by atoms with Crippen molar-refractivity contribution in [2.45, 2.75) is 10.1 Å². The van der Waals surface area contributed by atoms with E-state index in [0.29, 0.717) is 5.02 Å². The molecule has 0 bridgehead atoms. The fraction of sp³-hybridized carbons (Fsp3) is 0.0588. The molecule has 0 fully saturated rings. The van der Waals surface area contributed by atoms with Crippen LogP contribution in [-0.4, -0.2) is 14.5 Å². The fourth-order valence-corrected chi connectivity index (χ4v) is 4.21. The molecule has 0 aliphatic carbocycles. The van der Waals surface area contributed by atoms with E-state index >= 15 is 0 Å². The lowest BCUT2D eigenvalue weighted by Gasteiger charge is -2.10. The van der Waals surface area contributed by atoms with Gasteiger partial charge in [-0.25, -0.2) is 9.97 Å². The second kappa shape index (κ2) is 6.47. The van der Waals surface area contributed by atoms with Crippen molar-refractivity contribution in [1.82, 2.24) is 14.5 Å². The third-order valence-corrected chi connectivity index (χ3v) is 5.95. The van der Waals surface area contributed by atoms with E-state index in [1.807, 2.05) is 53.7 Å². The maximum atomic E-state index is 6.45. The summed E-state index contributed by atoms with van der Waals surface area (Å²) in [6, 6.07) is 10.0. The maximum Gasteiger partial charge on any atom is 0.172 e. The van der Waals surface area contributed by atoms with Gasteiger partial charge >= 0.3 is 0 Å². The average molecular weight is 373 g/mol. The molecule has 3 aromatic heterocycles. The van der Waals surface area contributed by atoms with Crippen LogP contribution in [0.2, 0.25) is 5.02 Å². The summed E-state index contributed by atoms with van der Waals surface area (Å²) in [5.74, 6) is 0. The van der Waals surface area contributed by atoms with Gasteiger partial charge in [-0.2, -0.15) is 0 Å². The largest absolute Gasteiger partial charge is 0.355 e. The highest BCUT2D eigenvalue weighted by Gasteiger charge is 2.09. The molecule has 0 atom stereocenters. The first kappa shape index (κ1) is 15.5. The van der Waals surface area contributed by atoms with E-state index in [1.54, 1.807) is 29.3 Å². The van der Waals surface area contributed by atoms with Crippen molar-refractivity contribution in [2.75, 3.05) is 5.32 Å². The summed E-state index contributed by atoms with van der Waals surface area (Å²) >= 11 is 9.64. The van der Waals surface area contributed by atoms with Crippen LogP contribution in [-0.2, 0) is 7.05 Å². The first-order valence-corrected chi connectivity index (χ1v) is 9.32. The van der Waals surface area contributed by atoms with Gasteiger partial charge in [-0.05, 0) is 35.7 Å². The Labute approximate surface area is 152 Å². The van der Waals surface area contributed by atoms with Crippen molar-refractivity contribution < 1.29 is 0 Å². The van der Waals surface area contributed by atoms with E-state index < -0.39 is 0 Å². The maximum absolute atomic E-state index is 6.45. The van der Waals surface area contributed by atoms with Crippen molar-refractivity contribution in [2.24, 2.45) is 7.05 Å². The third-order valence-electron chi connectivity index (χ3n) is 3.56. The Morgan fingerprint density at radius 2 is 2.08 bits per heavy atom. The van der Waals surface area contributed by atoms with Gasteiger partial charge in [-0.15, -0.1) is 11.3 Å². The highest BCUT2D eigenvalue weighted by Crippen LogP contribution is 2.35. The van der Waals surface area contributed by atoms with Gasteiger partial charge in [-0.3, -0.25) is 0 Å². The van der Waals surface area contributed by atoms with Gasteiger partial charge in [-0.1, -0.05) is 23.4 Å². The van der Waals surface area contributed by atoms with E-state index in [0.717, 1.165) is 31.6 Å². The van der Waals surface area contributed by atoms with E-state index in [4.69, 9.17) is 11.6 Å². The second-order valence-corrected chi connectivity index (χ2v) is 7.50. The van der Waals surface area contributed by atoms with Crippen molar-refractivity contribution >= 4 is 56.3 Å². The van der Waals surface area contributed by atoms with Crippen LogP contribution in [0.4, 0.5) is 11.4 Å². The number of hydrogen-bond acceptors (Lipinski definition) is 5. The zero-order chi connectivity index (χ0) is 16.5. The Morgan fingerprint density at radius 3 is 2.88 bits per heavy atom. The first-order chi connectivity index (χ1) is 11.7. The Hall–Kier alpha value is -2.02. The number of aromatic nitrogens is 3. The van der Waals surface area contributed by atoms with Crippen molar-refractivity contribution in [1.29, 1.82) is 0 Å². The molecule has 120 valence electrons. The molecular weight excluding hydrogens is 360 g/mol. The van der Waals surface area contributed by atoms with E-state index in [2.05, 4.69) is 21.4 Å². The summed E-state index contributed by atoms with van der Waals surface area (Å²) in [4.78, 5) is 10.7. The highest BCUT2D eigenvalue weighted by molar-refractivity contribution is 7.99. The molecule has 24 heavy (non-hydrogen) atoms. The summed E-state index contributed by atoms with van der Waals surface area (Å²) in [6.07, 6.45) is 5.51. The minimum absolute atomic E-state index is 0.698. The van der Waals surface area contributed by atoms with Gasteiger partial charge in [0, 0.05) is 41.6 Å². The minimum Gasteiger partial charge on any atom is -0.355 e. The third kappa shape index (κ3) is 3.00. The normalized spacial score (nSPS) is 11.1. The molecule has 4 nitrogen and oxygen atoms in total. The Kier molecular flexibility index (Phi) is 4.18. The number of pyridine rings is 1. The van der Waals surface area contributed by atoms with Crippen LogP contribution < -0.4 is 5.32 Å². The van der Waals surface area contributed by atoms with Crippen LogP contribution in [0.1, 0.15) is 0 Å². The summed E-state index contributed by atoms with van der Waals surface area (Å²) in [5, 5.41) is 8.19. The zero-order valence-corrected chi connectivity index (χ0v) is 15.1.